The Hall–Kier alpha value is -1.84. The lowest BCUT2D eigenvalue weighted by Crippen LogP contribution is -2.72. The predicted molar refractivity (Wildman–Crippen MR) is 74.9 cm³/mol. The number of amides is 1. The maximum absolute atomic E-state index is 13.3. The molecule has 11 heteroatoms. The van der Waals surface area contributed by atoms with E-state index in [4.69, 9.17) is 16.3 Å². The first-order valence-corrected chi connectivity index (χ1v) is 6.82. The van der Waals surface area contributed by atoms with Gasteiger partial charge in [0.1, 0.15) is 5.75 Å². The number of alkyl halides is 6. The van der Waals surface area contributed by atoms with E-state index in [0.717, 1.165) is 31.5 Å². The van der Waals surface area contributed by atoms with Gasteiger partial charge in [0.25, 0.3) is 0 Å². The highest BCUT2D eigenvalue weighted by Crippen LogP contribution is 2.45. The molecule has 0 aliphatic carbocycles. The highest BCUT2D eigenvalue weighted by Gasteiger charge is 2.72. The number of benzene rings is 1. The second kappa shape index (κ2) is 6.96. The number of halogens is 7. The number of ether oxygens (including phenoxy) is 1. The molecule has 2 N–H and O–H groups in total. The summed E-state index contributed by atoms with van der Waals surface area (Å²) < 4.78 is 84.6. The van der Waals surface area contributed by atoms with Crippen LogP contribution in [0.2, 0.25) is 5.02 Å². The molecule has 0 aliphatic rings. The Kier molecular flexibility index (Phi) is 5.86. The van der Waals surface area contributed by atoms with Gasteiger partial charge in [-0.3, -0.25) is 4.79 Å². The van der Waals surface area contributed by atoms with E-state index in [0.29, 0.717) is 0 Å². The lowest BCUT2D eigenvalue weighted by atomic mass is 10.1. The molecule has 1 aromatic carbocycles. The van der Waals surface area contributed by atoms with Crippen LogP contribution in [0.1, 0.15) is 13.3 Å². The van der Waals surface area contributed by atoms with Gasteiger partial charge in [0, 0.05) is 11.4 Å². The molecule has 0 atom stereocenters. The van der Waals surface area contributed by atoms with Gasteiger partial charge in [0.15, 0.2) is 0 Å². The highest BCUT2D eigenvalue weighted by atomic mass is 35.5. The quantitative estimate of drug-likeness (QED) is 0.599. The van der Waals surface area contributed by atoms with Crippen LogP contribution < -0.4 is 15.4 Å². The van der Waals surface area contributed by atoms with E-state index in [2.05, 4.69) is 0 Å². The Bertz CT molecular complexity index is 589. The van der Waals surface area contributed by atoms with Crippen molar-refractivity contribution >= 4 is 23.2 Å². The molecule has 0 unspecified atom stereocenters. The number of hydrogen-bond donors (Lipinski definition) is 2. The van der Waals surface area contributed by atoms with Gasteiger partial charge in [0.05, 0.1) is 12.8 Å². The van der Waals surface area contributed by atoms with Crippen LogP contribution in [0.15, 0.2) is 18.2 Å². The monoisotopic (exact) mass is 378 g/mol. The summed E-state index contributed by atoms with van der Waals surface area (Å²) >= 11 is 5.62. The summed E-state index contributed by atoms with van der Waals surface area (Å²) in [5, 5.41) is 2.16. The first-order valence-electron chi connectivity index (χ1n) is 6.44. The van der Waals surface area contributed by atoms with Crippen LogP contribution in [0, 0.1) is 0 Å². The lowest BCUT2D eigenvalue weighted by Gasteiger charge is -2.39. The maximum Gasteiger partial charge on any atom is 0.439 e. The normalized spacial score (nSPS) is 12.7. The molecule has 1 rings (SSSR count). The van der Waals surface area contributed by atoms with Gasteiger partial charge in [-0.05, 0) is 18.2 Å². The van der Waals surface area contributed by atoms with Crippen molar-refractivity contribution in [3.8, 4) is 5.75 Å². The minimum absolute atomic E-state index is 0.127. The number of nitrogens with one attached hydrogen (secondary N) is 2. The molecule has 0 saturated carbocycles. The van der Waals surface area contributed by atoms with Crippen molar-refractivity contribution in [2.75, 3.05) is 12.4 Å². The smallest absolute Gasteiger partial charge is 0.439 e. The molecule has 0 saturated heterocycles. The fraction of sp³-hybridized carbons (Fsp3) is 0.462. The van der Waals surface area contributed by atoms with E-state index in [9.17, 15) is 31.1 Å². The Balaban J connectivity index is 3.53. The Labute approximate surface area is 138 Å². The van der Waals surface area contributed by atoms with Crippen molar-refractivity contribution in [2.45, 2.75) is 31.4 Å². The van der Waals surface area contributed by atoms with Crippen molar-refractivity contribution in [3.63, 3.8) is 0 Å². The number of anilines is 1. The zero-order valence-electron chi connectivity index (χ0n) is 12.4. The van der Waals surface area contributed by atoms with Gasteiger partial charge >= 0.3 is 18.0 Å². The first kappa shape index (κ1) is 20.2. The molecule has 0 radical (unpaired) electrons. The molecular formula is C13H13ClF6N2O2. The fourth-order valence-corrected chi connectivity index (χ4v) is 1.92. The van der Waals surface area contributed by atoms with E-state index in [1.165, 1.54) is 11.4 Å². The molecule has 0 fully saturated rings. The molecule has 136 valence electrons. The fourth-order valence-electron chi connectivity index (χ4n) is 1.75. The Morgan fingerprint density at radius 3 is 2.12 bits per heavy atom. The first-order chi connectivity index (χ1) is 10.9. The van der Waals surface area contributed by atoms with Crippen molar-refractivity contribution < 1.29 is 35.9 Å². The SMILES string of the molecule is CCC(=O)NC(Nc1cc(Cl)ccc1OC)(C(F)(F)F)C(F)(F)F. The predicted octanol–water partition coefficient (Wildman–Crippen LogP) is 4.11. The van der Waals surface area contributed by atoms with Crippen molar-refractivity contribution in [2.24, 2.45) is 0 Å². The van der Waals surface area contributed by atoms with E-state index in [1.54, 1.807) is 0 Å². The number of hydrogen-bond acceptors (Lipinski definition) is 3. The molecule has 4 nitrogen and oxygen atoms in total. The van der Waals surface area contributed by atoms with Crippen LogP contribution in [0.4, 0.5) is 32.0 Å². The van der Waals surface area contributed by atoms with Crippen LogP contribution in [0.3, 0.4) is 0 Å². The molecule has 1 aromatic rings. The van der Waals surface area contributed by atoms with Crippen molar-refractivity contribution in [1.29, 1.82) is 0 Å². The van der Waals surface area contributed by atoms with Gasteiger partial charge in [-0.1, -0.05) is 18.5 Å². The van der Waals surface area contributed by atoms with E-state index in [1.807, 2.05) is 0 Å². The zero-order chi connectivity index (χ0) is 18.8. The molecule has 1 amide bonds. The highest BCUT2D eigenvalue weighted by molar-refractivity contribution is 6.30. The molecule has 0 aromatic heterocycles. The van der Waals surface area contributed by atoms with Crippen LogP contribution in [-0.4, -0.2) is 31.0 Å². The van der Waals surface area contributed by atoms with Gasteiger partial charge in [-0.25, -0.2) is 0 Å². The minimum atomic E-state index is -5.90. The van der Waals surface area contributed by atoms with Gasteiger partial charge < -0.3 is 15.4 Å². The molecule has 0 aliphatic heterocycles. The van der Waals surface area contributed by atoms with E-state index in [-0.39, 0.29) is 10.8 Å². The van der Waals surface area contributed by atoms with Crippen LogP contribution >= 0.6 is 11.6 Å². The number of rotatable bonds is 5. The van der Waals surface area contributed by atoms with Crippen LogP contribution in [0.25, 0.3) is 0 Å². The van der Waals surface area contributed by atoms with E-state index < -0.39 is 36.0 Å². The number of carbonyl (C=O) groups is 1. The summed E-state index contributed by atoms with van der Waals surface area (Å²) in [6, 6.07) is 3.13. The van der Waals surface area contributed by atoms with Gasteiger partial charge in [0.2, 0.25) is 5.91 Å². The standard InChI is InChI=1S/C13H13ClF6N2O2/c1-3-10(23)22-11(12(15,16)17,13(18,19)20)21-8-6-7(14)4-5-9(8)24-2/h4-6,21H,3H2,1-2H3,(H,22,23). The Morgan fingerprint density at radius 2 is 1.71 bits per heavy atom. The third kappa shape index (κ3) is 3.97. The second-order valence-corrected chi connectivity index (χ2v) is 5.05. The average Bonchev–Trinajstić information content (AvgIpc) is 2.44. The largest absolute Gasteiger partial charge is 0.495 e. The number of carbonyl (C=O) groups excluding carboxylic acids is 1. The van der Waals surface area contributed by atoms with E-state index >= 15 is 0 Å². The van der Waals surface area contributed by atoms with Gasteiger partial charge in [-0.15, -0.1) is 0 Å². The zero-order valence-corrected chi connectivity index (χ0v) is 13.2. The Morgan fingerprint density at radius 1 is 1.17 bits per heavy atom. The van der Waals surface area contributed by atoms with Crippen LogP contribution in [0.5, 0.6) is 5.75 Å². The molecule has 0 heterocycles. The van der Waals surface area contributed by atoms with Crippen molar-refractivity contribution in [3.05, 3.63) is 23.2 Å². The second-order valence-electron chi connectivity index (χ2n) is 4.62. The summed E-state index contributed by atoms with van der Waals surface area (Å²) in [5.74, 6) is -1.76. The molecule has 0 bridgehead atoms. The van der Waals surface area contributed by atoms with Crippen LogP contribution in [-0.2, 0) is 4.79 Å². The summed E-state index contributed by atoms with van der Waals surface area (Å²) in [4.78, 5) is 11.3. The van der Waals surface area contributed by atoms with Gasteiger partial charge in [-0.2, -0.15) is 26.3 Å². The third-order valence-electron chi connectivity index (χ3n) is 2.98. The molecular weight excluding hydrogens is 366 g/mol. The topological polar surface area (TPSA) is 50.4 Å². The summed E-state index contributed by atoms with van der Waals surface area (Å²) in [5.41, 5.74) is -5.39. The maximum atomic E-state index is 13.3. The lowest BCUT2D eigenvalue weighted by molar-refractivity contribution is -0.295. The molecule has 0 spiro atoms. The minimum Gasteiger partial charge on any atom is -0.495 e. The number of methoxy groups -OCH3 is 1. The van der Waals surface area contributed by atoms with Crippen molar-refractivity contribution in [1.82, 2.24) is 5.32 Å². The average molecular weight is 379 g/mol. The molecule has 24 heavy (non-hydrogen) atoms. The summed E-state index contributed by atoms with van der Waals surface area (Å²) in [6.45, 7) is 1.12. The summed E-state index contributed by atoms with van der Waals surface area (Å²) in [7, 11) is 1.06. The summed E-state index contributed by atoms with van der Waals surface area (Å²) in [6.07, 6.45) is -12.4. The third-order valence-corrected chi connectivity index (χ3v) is 3.22.